The number of hydrogen-bond acceptors (Lipinski definition) is 4. The molecule has 4 rings (SSSR count). The summed E-state index contributed by atoms with van der Waals surface area (Å²) in [6.45, 7) is 4.57. The maximum atomic E-state index is 12.4. The largest absolute Gasteiger partial charge is 0.489 e. The van der Waals surface area contributed by atoms with Gasteiger partial charge in [0.25, 0.3) is 5.91 Å². The number of carbonyl (C=O) groups is 1. The molecule has 1 aliphatic rings. The van der Waals surface area contributed by atoms with Crippen molar-refractivity contribution in [3.63, 3.8) is 0 Å². The molecule has 1 heterocycles. The van der Waals surface area contributed by atoms with Crippen molar-refractivity contribution in [2.75, 3.05) is 0 Å². The zero-order chi connectivity index (χ0) is 20.9. The molecule has 1 N–H and O–H groups in total. The Labute approximate surface area is 180 Å². The molecule has 3 aromatic rings. The zero-order valence-corrected chi connectivity index (χ0v) is 17.7. The highest BCUT2D eigenvalue weighted by Crippen LogP contribution is 2.30. The van der Waals surface area contributed by atoms with Crippen molar-refractivity contribution in [3.05, 3.63) is 100.0 Å². The first kappa shape index (κ1) is 20.0. The number of amides is 1. The Morgan fingerprint density at radius 2 is 1.83 bits per heavy atom. The molecule has 1 amide bonds. The van der Waals surface area contributed by atoms with Crippen LogP contribution in [-0.4, -0.2) is 11.1 Å². The highest BCUT2D eigenvalue weighted by atomic mass is 32.2. The summed E-state index contributed by atoms with van der Waals surface area (Å²) in [5.41, 5.74) is 5.15. The fourth-order valence-corrected chi connectivity index (χ4v) is 3.94. The van der Waals surface area contributed by atoms with Crippen LogP contribution in [0.15, 0.2) is 82.7 Å². The molecule has 4 nitrogen and oxygen atoms in total. The van der Waals surface area contributed by atoms with Crippen LogP contribution >= 0.6 is 11.8 Å². The molecule has 1 aliphatic heterocycles. The number of thioether (sulfide) groups is 1. The molecule has 0 unspecified atom stereocenters. The zero-order valence-electron chi connectivity index (χ0n) is 16.9. The van der Waals surface area contributed by atoms with E-state index in [1.165, 1.54) is 17.3 Å². The van der Waals surface area contributed by atoms with Gasteiger partial charge in [-0.3, -0.25) is 4.79 Å². The van der Waals surface area contributed by atoms with E-state index in [0.29, 0.717) is 16.7 Å². The van der Waals surface area contributed by atoms with Crippen molar-refractivity contribution in [3.8, 4) is 5.75 Å². The average Bonchev–Trinajstić information content (AvgIpc) is 3.08. The van der Waals surface area contributed by atoms with Crippen LogP contribution in [0.25, 0.3) is 6.08 Å². The van der Waals surface area contributed by atoms with Crippen LogP contribution in [0.1, 0.15) is 22.3 Å². The highest BCUT2D eigenvalue weighted by Gasteiger charge is 2.24. The summed E-state index contributed by atoms with van der Waals surface area (Å²) in [6.07, 6.45) is 1.86. The maximum absolute atomic E-state index is 12.4. The maximum Gasteiger partial charge on any atom is 0.264 e. The second-order valence-corrected chi connectivity index (χ2v) is 8.15. The Bertz CT molecular complexity index is 1140. The van der Waals surface area contributed by atoms with E-state index in [9.17, 15) is 4.79 Å². The van der Waals surface area contributed by atoms with Gasteiger partial charge in [0.1, 0.15) is 12.4 Å². The summed E-state index contributed by atoms with van der Waals surface area (Å²) in [4.78, 5) is 17.6. The molecule has 0 atom stereocenters. The summed E-state index contributed by atoms with van der Waals surface area (Å²) < 4.78 is 5.89. The second-order valence-electron chi connectivity index (χ2n) is 7.12. The molecule has 0 bridgehead atoms. The number of rotatable bonds is 5. The van der Waals surface area contributed by atoms with Crippen LogP contribution in [-0.2, 0) is 11.4 Å². The summed E-state index contributed by atoms with van der Waals surface area (Å²) in [7, 11) is 0. The number of nitrogens with zero attached hydrogens (tertiary/aromatic N) is 1. The van der Waals surface area contributed by atoms with E-state index >= 15 is 0 Å². The van der Waals surface area contributed by atoms with E-state index in [1.807, 2.05) is 79.7 Å². The minimum absolute atomic E-state index is 0.140. The van der Waals surface area contributed by atoms with Crippen molar-refractivity contribution in [2.24, 2.45) is 4.99 Å². The van der Waals surface area contributed by atoms with E-state index in [-0.39, 0.29) is 5.91 Å². The lowest BCUT2D eigenvalue weighted by molar-refractivity contribution is -0.115. The lowest BCUT2D eigenvalue weighted by atomic mass is 10.1. The van der Waals surface area contributed by atoms with Gasteiger partial charge in [-0.1, -0.05) is 60.2 Å². The van der Waals surface area contributed by atoms with Gasteiger partial charge in [0, 0.05) is 0 Å². The van der Waals surface area contributed by atoms with E-state index in [0.717, 1.165) is 28.1 Å². The van der Waals surface area contributed by atoms with Gasteiger partial charge in [-0.2, -0.15) is 0 Å². The fourth-order valence-electron chi connectivity index (χ4n) is 3.11. The number of aryl methyl sites for hydroxylation is 2. The van der Waals surface area contributed by atoms with Crippen molar-refractivity contribution in [1.29, 1.82) is 0 Å². The van der Waals surface area contributed by atoms with Gasteiger partial charge >= 0.3 is 0 Å². The number of nitrogens with one attached hydrogen (secondary N) is 1. The van der Waals surface area contributed by atoms with Crippen molar-refractivity contribution in [1.82, 2.24) is 5.32 Å². The van der Waals surface area contributed by atoms with Crippen molar-refractivity contribution in [2.45, 2.75) is 20.5 Å². The number of ether oxygens (including phenoxy) is 1. The third kappa shape index (κ3) is 4.99. The molecule has 0 aromatic heterocycles. The third-order valence-corrected chi connectivity index (χ3v) is 5.54. The number of amidine groups is 1. The molecular formula is C25H22N2O2S. The number of carbonyl (C=O) groups excluding carboxylic acids is 1. The summed E-state index contributed by atoms with van der Waals surface area (Å²) in [6, 6.07) is 23.8. The summed E-state index contributed by atoms with van der Waals surface area (Å²) >= 11 is 1.35. The van der Waals surface area contributed by atoms with Crippen molar-refractivity contribution < 1.29 is 9.53 Å². The Morgan fingerprint density at radius 3 is 2.63 bits per heavy atom. The Kier molecular flexibility index (Phi) is 6.00. The fraction of sp³-hybridized carbons (Fsp3) is 0.120. The van der Waals surface area contributed by atoms with Crippen LogP contribution in [0.2, 0.25) is 0 Å². The van der Waals surface area contributed by atoms with Gasteiger partial charge in [-0.05, 0) is 66.6 Å². The summed E-state index contributed by atoms with van der Waals surface area (Å²) in [5, 5.41) is 3.44. The van der Waals surface area contributed by atoms with Gasteiger partial charge < -0.3 is 10.1 Å². The lowest BCUT2D eigenvalue weighted by Crippen LogP contribution is -2.19. The Morgan fingerprint density at radius 1 is 1.00 bits per heavy atom. The molecule has 0 radical (unpaired) electrons. The monoisotopic (exact) mass is 414 g/mol. The minimum atomic E-state index is -0.140. The van der Waals surface area contributed by atoms with E-state index in [1.54, 1.807) is 0 Å². The lowest BCUT2D eigenvalue weighted by Gasteiger charge is -2.07. The third-order valence-electron chi connectivity index (χ3n) is 4.63. The van der Waals surface area contributed by atoms with Gasteiger partial charge in [-0.25, -0.2) is 4.99 Å². The SMILES string of the molecule is Cc1ccc(N=C2NC(=O)C(=Cc3cccc(OCc4ccccc4)c3)S2)c(C)c1. The number of hydrogen-bond donors (Lipinski definition) is 1. The van der Waals surface area contributed by atoms with E-state index in [4.69, 9.17) is 4.74 Å². The quantitative estimate of drug-likeness (QED) is 0.539. The Hall–Kier alpha value is -3.31. The molecule has 0 saturated carbocycles. The van der Waals surface area contributed by atoms with Gasteiger partial charge in [0.15, 0.2) is 5.17 Å². The topological polar surface area (TPSA) is 50.7 Å². The Balaban J connectivity index is 1.48. The standard InChI is InChI=1S/C25H22N2O2S/c1-17-11-12-22(18(2)13-17)26-25-27-24(28)23(30-25)15-20-9-6-10-21(14-20)29-16-19-7-4-3-5-8-19/h3-15H,16H2,1-2H3,(H,26,27,28). The predicted octanol–water partition coefficient (Wildman–Crippen LogP) is 5.77. The first-order valence-electron chi connectivity index (χ1n) is 9.70. The second kappa shape index (κ2) is 9.01. The smallest absolute Gasteiger partial charge is 0.264 e. The van der Waals surface area contributed by atoms with Crippen LogP contribution < -0.4 is 10.1 Å². The van der Waals surface area contributed by atoms with Crippen LogP contribution in [0, 0.1) is 13.8 Å². The minimum Gasteiger partial charge on any atom is -0.489 e. The molecule has 3 aromatic carbocycles. The van der Waals surface area contributed by atoms with E-state index < -0.39 is 0 Å². The first-order valence-corrected chi connectivity index (χ1v) is 10.5. The van der Waals surface area contributed by atoms with Gasteiger partial charge in [0.05, 0.1) is 10.6 Å². The highest BCUT2D eigenvalue weighted by molar-refractivity contribution is 8.18. The van der Waals surface area contributed by atoms with Crippen LogP contribution in [0.4, 0.5) is 5.69 Å². The molecule has 1 fully saturated rings. The first-order chi connectivity index (χ1) is 14.6. The average molecular weight is 415 g/mol. The molecule has 0 aliphatic carbocycles. The van der Waals surface area contributed by atoms with Crippen LogP contribution in [0.5, 0.6) is 5.75 Å². The molecule has 1 saturated heterocycles. The van der Waals surface area contributed by atoms with Gasteiger partial charge in [0.2, 0.25) is 0 Å². The molecule has 30 heavy (non-hydrogen) atoms. The summed E-state index contributed by atoms with van der Waals surface area (Å²) in [5.74, 6) is 0.625. The molecule has 5 heteroatoms. The van der Waals surface area contributed by atoms with E-state index in [2.05, 4.69) is 23.3 Å². The van der Waals surface area contributed by atoms with Gasteiger partial charge in [-0.15, -0.1) is 0 Å². The predicted molar refractivity (Wildman–Crippen MR) is 124 cm³/mol. The molecule has 0 spiro atoms. The number of aliphatic imine (C=N–C) groups is 1. The number of benzene rings is 3. The van der Waals surface area contributed by atoms with Crippen molar-refractivity contribution >= 4 is 34.6 Å². The molecular weight excluding hydrogens is 392 g/mol. The van der Waals surface area contributed by atoms with Crippen LogP contribution in [0.3, 0.4) is 0 Å². The normalized spacial score (nSPS) is 16.1. The molecule has 150 valence electrons.